The van der Waals surface area contributed by atoms with Gasteiger partial charge in [0.05, 0.1) is 11.7 Å². The number of rotatable bonds is 5. The molecule has 35 heavy (non-hydrogen) atoms. The summed E-state index contributed by atoms with van der Waals surface area (Å²) in [6, 6.07) is 21.0. The van der Waals surface area contributed by atoms with Crippen LogP contribution in [0.4, 0.5) is 4.79 Å². The zero-order chi connectivity index (χ0) is 25.1. The third kappa shape index (κ3) is 6.12. The molecule has 1 aliphatic carbocycles. The van der Waals surface area contributed by atoms with E-state index < -0.39 is 11.7 Å². The average Bonchev–Trinajstić information content (AvgIpc) is 2.83. The lowest BCUT2D eigenvalue weighted by Gasteiger charge is -2.41. The van der Waals surface area contributed by atoms with Gasteiger partial charge in [-0.1, -0.05) is 54.1 Å². The van der Waals surface area contributed by atoms with Gasteiger partial charge in [0, 0.05) is 28.6 Å². The van der Waals surface area contributed by atoms with Crippen LogP contribution in [0.5, 0.6) is 0 Å². The zero-order valence-corrected chi connectivity index (χ0v) is 21.2. The number of amides is 1. The van der Waals surface area contributed by atoms with E-state index in [1.165, 1.54) is 0 Å². The number of ether oxygens (including phenoxy) is 1. The average molecular weight is 494 g/mol. The fourth-order valence-electron chi connectivity index (χ4n) is 4.79. The molecule has 0 aliphatic heterocycles. The van der Waals surface area contributed by atoms with Crippen molar-refractivity contribution in [1.82, 2.24) is 15.1 Å². The van der Waals surface area contributed by atoms with E-state index in [0.29, 0.717) is 11.6 Å². The molecule has 0 saturated heterocycles. The van der Waals surface area contributed by atoms with Gasteiger partial charge in [-0.25, -0.2) is 9.48 Å². The molecule has 7 heteroatoms. The molecule has 0 atom stereocenters. The van der Waals surface area contributed by atoms with Crippen LogP contribution in [0.3, 0.4) is 0 Å². The van der Waals surface area contributed by atoms with Gasteiger partial charge < -0.3 is 10.1 Å². The van der Waals surface area contributed by atoms with E-state index in [4.69, 9.17) is 21.4 Å². The van der Waals surface area contributed by atoms with Gasteiger partial charge in [-0.3, -0.25) is 4.79 Å². The molecule has 0 radical (unpaired) electrons. The van der Waals surface area contributed by atoms with E-state index in [1.807, 2.05) is 69.3 Å². The van der Waals surface area contributed by atoms with Crippen molar-refractivity contribution in [3.8, 4) is 11.3 Å². The van der Waals surface area contributed by atoms with Crippen LogP contribution >= 0.6 is 11.6 Å². The molecule has 0 bridgehead atoms. The van der Waals surface area contributed by atoms with E-state index in [9.17, 15) is 9.59 Å². The molecule has 0 spiro atoms. The maximum Gasteiger partial charge on any atom is 0.407 e. The number of nitrogens with zero attached hydrogens (tertiary/aromatic N) is 2. The SMILES string of the molecule is CC(C)(C)OC(=O)NC[C@]1(c2cccc(Cl)c2)CC[C@@H](n2nc(-c3ccccc3)ccc2=O)CC1. The molecule has 6 nitrogen and oxygen atoms in total. The maximum atomic E-state index is 12.7. The summed E-state index contributed by atoms with van der Waals surface area (Å²) in [6.07, 6.45) is 2.63. The van der Waals surface area contributed by atoms with E-state index in [-0.39, 0.29) is 17.0 Å². The molecule has 4 rings (SSSR count). The van der Waals surface area contributed by atoms with Crippen LogP contribution in [-0.2, 0) is 10.2 Å². The van der Waals surface area contributed by atoms with Crippen LogP contribution in [0.25, 0.3) is 11.3 Å². The minimum atomic E-state index is -0.568. The molecule has 1 N–H and O–H groups in total. The topological polar surface area (TPSA) is 73.2 Å². The Morgan fingerprint density at radius 3 is 2.46 bits per heavy atom. The van der Waals surface area contributed by atoms with E-state index in [0.717, 1.165) is 42.5 Å². The molecule has 1 fully saturated rings. The van der Waals surface area contributed by atoms with Gasteiger partial charge in [0.2, 0.25) is 0 Å². The number of benzene rings is 2. The standard InChI is InChI=1S/C28H32ClN3O3/c1-27(2,3)35-26(34)30-19-28(21-10-7-11-22(29)18-21)16-14-23(15-17-28)32-25(33)13-12-24(31-32)20-8-5-4-6-9-20/h4-13,18,23H,14-17,19H2,1-3H3,(H,30,34)/t23-,28+. The van der Waals surface area contributed by atoms with Crippen molar-refractivity contribution in [3.63, 3.8) is 0 Å². The van der Waals surface area contributed by atoms with Gasteiger partial charge in [-0.2, -0.15) is 5.10 Å². The molecule has 184 valence electrons. The van der Waals surface area contributed by atoms with Crippen LogP contribution in [0.2, 0.25) is 5.02 Å². The second-order valence-electron chi connectivity index (χ2n) is 10.2. The Balaban J connectivity index is 1.56. The molecular weight excluding hydrogens is 462 g/mol. The van der Waals surface area contributed by atoms with Crippen molar-refractivity contribution in [1.29, 1.82) is 0 Å². The first-order chi connectivity index (χ1) is 16.7. The van der Waals surface area contributed by atoms with Crippen molar-refractivity contribution < 1.29 is 9.53 Å². The van der Waals surface area contributed by atoms with Crippen molar-refractivity contribution in [2.45, 2.75) is 63.5 Å². The first-order valence-corrected chi connectivity index (χ1v) is 12.4. The first-order valence-electron chi connectivity index (χ1n) is 12.0. The van der Waals surface area contributed by atoms with Crippen LogP contribution < -0.4 is 10.9 Å². The van der Waals surface area contributed by atoms with Gasteiger partial charge in [-0.15, -0.1) is 0 Å². The summed E-state index contributed by atoms with van der Waals surface area (Å²) < 4.78 is 7.09. The molecule has 1 heterocycles. The molecule has 2 aromatic carbocycles. The Morgan fingerprint density at radius 2 is 1.80 bits per heavy atom. The largest absolute Gasteiger partial charge is 0.444 e. The van der Waals surface area contributed by atoms with Crippen molar-refractivity contribution in [3.05, 3.63) is 87.7 Å². The number of alkyl carbamates (subject to hydrolysis) is 1. The van der Waals surface area contributed by atoms with Gasteiger partial charge in [-0.05, 0) is 70.2 Å². The van der Waals surface area contributed by atoms with Gasteiger partial charge in [0.15, 0.2) is 0 Å². The number of nitrogens with one attached hydrogen (secondary N) is 1. The highest BCUT2D eigenvalue weighted by Gasteiger charge is 2.38. The summed E-state index contributed by atoms with van der Waals surface area (Å²) in [6.45, 7) is 5.97. The third-order valence-corrected chi connectivity index (χ3v) is 6.79. The molecule has 3 aromatic rings. The lowest BCUT2D eigenvalue weighted by Crippen LogP contribution is -2.45. The highest BCUT2D eigenvalue weighted by molar-refractivity contribution is 6.30. The van der Waals surface area contributed by atoms with Crippen LogP contribution in [0, 0.1) is 0 Å². The van der Waals surface area contributed by atoms with E-state index in [1.54, 1.807) is 16.8 Å². The fourth-order valence-corrected chi connectivity index (χ4v) is 4.98. The number of carbonyl (C=O) groups excluding carboxylic acids is 1. The minimum absolute atomic E-state index is 0.0139. The van der Waals surface area contributed by atoms with Crippen molar-refractivity contribution in [2.24, 2.45) is 0 Å². The Labute approximate surface area is 211 Å². The van der Waals surface area contributed by atoms with Gasteiger partial charge in [0.25, 0.3) is 5.56 Å². The summed E-state index contributed by atoms with van der Waals surface area (Å²) in [4.78, 5) is 25.2. The van der Waals surface area contributed by atoms with Gasteiger partial charge >= 0.3 is 6.09 Å². The Kier molecular flexibility index (Phi) is 7.31. The molecular formula is C28H32ClN3O3. The van der Waals surface area contributed by atoms with E-state index >= 15 is 0 Å². The van der Waals surface area contributed by atoms with Crippen LogP contribution in [0.1, 0.15) is 58.1 Å². The maximum absolute atomic E-state index is 12.7. The third-order valence-electron chi connectivity index (χ3n) is 6.56. The lowest BCUT2D eigenvalue weighted by atomic mass is 9.68. The predicted molar refractivity (Wildman–Crippen MR) is 139 cm³/mol. The van der Waals surface area contributed by atoms with Crippen LogP contribution in [0.15, 0.2) is 71.5 Å². The Morgan fingerprint density at radius 1 is 1.09 bits per heavy atom. The molecule has 0 unspecified atom stereocenters. The quantitative estimate of drug-likeness (QED) is 0.463. The number of hydrogen-bond acceptors (Lipinski definition) is 4. The highest BCUT2D eigenvalue weighted by atomic mass is 35.5. The first kappa shape index (κ1) is 25.0. The van der Waals surface area contributed by atoms with Crippen molar-refractivity contribution >= 4 is 17.7 Å². The summed E-state index contributed by atoms with van der Waals surface area (Å²) in [5, 5.41) is 8.35. The second-order valence-corrected chi connectivity index (χ2v) is 10.7. The summed E-state index contributed by atoms with van der Waals surface area (Å²) in [5.41, 5.74) is 1.87. The van der Waals surface area contributed by atoms with Crippen LogP contribution in [-0.4, -0.2) is 28.0 Å². The second kappa shape index (κ2) is 10.2. The monoisotopic (exact) mass is 493 g/mol. The van der Waals surface area contributed by atoms with Gasteiger partial charge in [0.1, 0.15) is 5.60 Å². The fraction of sp³-hybridized carbons (Fsp3) is 0.393. The summed E-state index contributed by atoms with van der Waals surface area (Å²) in [5.74, 6) is 0. The van der Waals surface area contributed by atoms with Crippen molar-refractivity contribution in [2.75, 3.05) is 6.54 Å². The molecule has 1 amide bonds. The number of aromatic nitrogens is 2. The smallest absolute Gasteiger partial charge is 0.407 e. The molecule has 1 aromatic heterocycles. The normalized spacial score (nSPS) is 20.3. The Hall–Kier alpha value is -3.12. The number of halogens is 1. The summed E-state index contributed by atoms with van der Waals surface area (Å²) in [7, 11) is 0. The Bertz CT molecular complexity index is 1230. The summed E-state index contributed by atoms with van der Waals surface area (Å²) >= 11 is 6.33. The zero-order valence-electron chi connectivity index (χ0n) is 20.5. The minimum Gasteiger partial charge on any atom is -0.444 e. The van der Waals surface area contributed by atoms with E-state index in [2.05, 4.69) is 11.4 Å². The molecule has 1 aliphatic rings. The predicted octanol–water partition coefficient (Wildman–Crippen LogP) is 6.14. The number of hydrogen-bond donors (Lipinski definition) is 1. The molecule has 1 saturated carbocycles. The lowest BCUT2D eigenvalue weighted by molar-refractivity contribution is 0.0504. The number of carbonyl (C=O) groups is 1. The highest BCUT2D eigenvalue weighted by Crippen LogP contribution is 2.43.